The number of benzene rings is 1. The van der Waals surface area contributed by atoms with E-state index in [0.717, 1.165) is 32.5 Å². The van der Waals surface area contributed by atoms with E-state index in [2.05, 4.69) is 44.7 Å². The third-order valence-electron chi connectivity index (χ3n) is 5.91. The summed E-state index contributed by atoms with van der Waals surface area (Å²) in [5.74, 6) is 0.628. The summed E-state index contributed by atoms with van der Waals surface area (Å²) in [5, 5.41) is 12.0. The number of rotatable bonds is 7. The van der Waals surface area contributed by atoms with Gasteiger partial charge in [-0.3, -0.25) is 14.5 Å². The predicted molar refractivity (Wildman–Crippen MR) is 118 cm³/mol. The quantitative estimate of drug-likeness (QED) is 0.628. The van der Waals surface area contributed by atoms with E-state index >= 15 is 0 Å². The molecule has 0 spiro atoms. The second kappa shape index (κ2) is 9.43. The number of aryl methyl sites for hydroxylation is 3. The van der Waals surface area contributed by atoms with Crippen LogP contribution in [0.25, 0.3) is 10.9 Å². The number of carbonyl (C=O) groups is 1. The number of nitrogens with one attached hydrogen (secondary N) is 1. The zero-order chi connectivity index (χ0) is 21.8. The third-order valence-corrected chi connectivity index (χ3v) is 5.91. The maximum Gasteiger partial charge on any atom is 0.296 e. The minimum atomic E-state index is -0.274. The molecule has 0 radical (unpaired) electrons. The van der Waals surface area contributed by atoms with Crippen LogP contribution in [0.15, 0.2) is 39.6 Å². The van der Waals surface area contributed by atoms with E-state index in [1.165, 1.54) is 10.2 Å². The van der Waals surface area contributed by atoms with Gasteiger partial charge < -0.3 is 9.84 Å². The second-order valence-electron chi connectivity index (χ2n) is 8.28. The zero-order valence-corrected chi connectivity index (χ0v) is 18.1. The third kappa shape index (κ3) is 5.02. The lowest BCUT2D eigenvalue weighted by atomic mass is 10.0. The molecule has 8 nitrogen and oxygen atoms in total. The molecule has 4 rings (SSSR count). The molecule has 1 aromatic carbocycles. The number of hydrogen-bond acceptors (Lipinski definition) is 6. The van der Waals surface area contributed by atoms with Gasteiger partial charge in [0.15, 0.2) is 5.52 Å². The van der Waals surface area contributed by atoms with Gasteiger partial charge in [0.1, 0.15) is 5.76 Å². The highest BCUT2D eigenvalue weighted by Gasteiger charge is 2.21. The van der Waals surface area contributed by atoms with Crippen LogP contribution in [0.3, 0.4) is 0 Å². The van der Waals surface area contributed by atoms with E-state index in [0.29, 0.717) is 41.7 Å². The van der Waals surface area contributed by atoms with E-state index in [1.807, 2.05) is 13.0 Å². The normalized spacial score (nSPS) is 15.4. The summed E-state index contributed by atoms with van der Waals surface area (Å²) in [4.78, 5) is 27.3. The first-order valence-electron chi connectivity index (χ1n) is 10.9. The Balaban J connectivity index is 1.22. The van der Waals surface area contributed by atoms with Gasteiger partial charge in [-0.15, -0.1) is 0 Å². The molecule has 0 bridgehead atoms. The highest BCUT2D eigenvalue weighted by atomic mass is 16.5. The Kier molecular flexibility index (Phi) is 6.46. The van der Waals surface area contributed by atoms with Crippen molar-refractivity contribution >= 4 is 16.8 Å². The number of piperidine rings is 1. The Morgan fingerprint density at radius 3 is 2.68 bits per heavy atom. The Bertz CT molecular complexity index is 1100. The van der Waals surface area contributed by atoms with Gasteiger partial charge >= 0.3 is 0 Å². The van der Waals surface area contributed by atoms with Crippen molar-refractivity contribution in [3.05, 3.63) is 57.7 Å². The molecule has 8 heteroatoms. The molecular formula is C23H29N5O3. The fourth-order valence-electron chi connectivity index (χ4n) is 4.26. The average molecular weight is 424 g/mol. The molecule has 0 unspecified atom stereocenters. The van der Waals surface area contributed by atoms with Crippen LogP contribution in [0.4, 0.5) is 0 Å². The fraction of sp³-hybridized carbons (Fsp3) is 0.478. The Labute approximate surface area is 181 Å². The van der Waals surface area contributed by atoms with Crippen molar-refractivity contribution in [2.75, 3.05) is 13.1 Å². The van der Waals surface area contributed by atoms with Crippen molar-refractivity contribution in [1.82, 2.24) is 25.2 Å². The lowest BCUT2D eigenvalue weighted by Crippen LogP contribution is -2.44. The zero-order valence-electron chi connectivity index (χ0n) is 18.1. The molecule has 1 saturated heterocycles. The van der Waals surface area contributed by atoms with E-state index in [1.54, 1.807) is 6.92 Å². The van der Waals surface area contributed by atoms with Gasteiger partial charge in [0, 0.05) is 38.6 Å². The van der Waals surface area contributed by atoms with Crippen LogP contribution in [0.2, 0.25) is 0 Å². The number of amides is 1. The molecule has 1 fully saturated rings. The van der Waals surface area contributed by atoms with Gasteiger partial charge in [0.2, 0.25) is 5.91 Å². The highest BCUT2D eigenvalue weighted by Crippen LogP contribution is 2.17. The van der Waals surface area contributed by atoms with Crippen molar-refractivity contribution < 1.29 is 9.32 Å². The summed E-state index contributed by atoms with van der Waals surface area (Å²) in [5.41, 5.74) is 2.06. The standard InChI is InChI=1S/C23H29N5O3/c1-16-21-17(2)31-26-22(21)23(30)28(25-16)12-6-9-20(29)24-19-10-13-27(14-11-19)15-18-7-4-3-5-8-18/h3-5,7-8,19H,6,9-15H2,1-2H3,(H,24,29). The van der Waals surface area contributed by atoms with Gasteiger partial charge in [0.25, 0.3) is 5.56 Å². The molecule has 0 saturated carbocycles. The summed E-state index contributed by atoms with van der Waals surface area (Å²) < 4.78 is 6.51. The molecule has 1 aliphatic rings. The van der Waals surface area contributed by atoms with Gasteiger partial charge in [-0.05, 0) is 38.7 Å². The smallest absolute Gasteiger partial charge is 0.296 e. The molecule has 3 heterocycles. The van der Waals surface area contributed by atoms with Gasteiger partial charge in [-0.2, -0.15) is 5.10 Å². The molecule has 31 heavy (non-hydrogen) atoms. The summed E-state index contributed by atoms with van der Waals surface area (Å²) in [6.45, 7) is 6.90. The Morgan fingerprint density at radius 2 is 1.94 bits per heavy atom. The van der Waals surface area contributed by atoms with Gasteiger partial charge in [-0.25, -0.2) is 4.68 Å². The molecule has 164 valence electrons. The topological polar surface area (TPSA) is 93.3 Å². The number of likely N-dealkylation sites (tertiary alicyclic amines) is 1. The summed E-state index contributed by atoms with van der Waals surface area (Å²) in [7, 11) is 0. The molecular weight excluding hydrogens is 394 g/mol. The van der Waals surface area contributed by atoms with Crippen molar-refractivity contribution in [3.8, 4) is 0 Å². The first-order chi connectivity index (χ1) is 15.0. The van der Waals surface area contributed by atoms with Crippen LogP contribution in [0, 0.1) is 13.8 Å². The number of nitrogens with zero attached hydrogens (tertiary/aromatic N) is 4. The number of carbonyl (C=O) groups excluding carboxylic acids is 1. The number of hydrogen-bond donors (Lipinski definition) is 1. The van der Waals surface area contributed by atoms with Crippen molar-refractivity contribution in [3.63, 3.8) is 0 Å². The van der Waals surface area contributed by atoms with E-state index in [-0.39, 0.29) is 17.5 Å². The molecule has 1 aliphatic heterocycles. The Morgan fingerprint density at radius 1 is 1.19 bits per heavy atom. The van der Waals surface area contributed by atoms with Crippen LogP contribution in [-0.4, -0.2) is 44.9 Å². The van der Waals surface area contributed by atoms with Crippen LogP contribution in [-0.2, 0) is 17.9 Å². The molecule has 0 atom stereocenters. The van der Waals surface area contributed by atoms with E-state index in [9.17, 15) is 9.59 Å². The van der Waals surface area contributed by atoms with Crippen molar-refractivity contribution in [2.24, 2.45) is 0 Å². The lowest BCUT2D eigenvalue weighted by molar-refractivity contribution is -0.122. The first-order valence-corrected chi connectivity index (χ1v) is 10.9. The fourth-order valence-corrected chi connectivity index (χ4v) is 4.26. The minimum Gasteiger partial charge on any atom is -0.360 e. The molecule has 0 aliphatic carbocycles. The predicted octanol–water partition coefficient (Wildman–Crippen LogP) is 2.56. The maximum atomic E-state index is 12.5. The first kappa shape index (κ1) is 21.2. The monoisotopic (exact) mass is 423 g/mol. The highest BCUT2D eigenvalue weighted by molar-refractivity contribution is 5.81. The molecule has 3 aromatic rings. The average Bonchev–Trinajstić information content (AvgIpc) is 3.16. The van der Waals surface area contributed by atoms with Crippen molar-refractivity contribution in [2.45, 2.75) is 58.7 Å². The minimum absolute atomic E-state index is 0.0321. The molecule has 1 N–H and O–H groups in total. The van der Waals surface area contributed by atoms with Crippen LogP contribution >= 0.6 is 0 Å². The van der Waals surface area contributed by atoms with Gasteiger partial charge in [0.05, 0.1) is 11.1 Å². The summed E-state index contributed by atoms with van der Waals surface area (Å²) >= 11 is 0. The van der Waals surface area contributed by atoms with E-state index in [4.69, 9.17) is 4.52 Å². The lowest BCUT2D eigenvalue weighted by Gasteiger charge is -2.32. The van der Waals surface area contributed by atoms with Crippen LogP contribution < -0.4 is 10.9 Å². The second-order valence-corrected chi connectivity index (χ2v) is 8.28. The number of aromatic nitrogens is 3. The van der Waals surface area contributed by atoms with Crippen LogP contribution in [0.1, 0.15) is 42.7 Å². The Hall–Kier alpha value is -3.00. The van der Waals surface area contributed by atoms with E-state index < -0.39 is 0 Å². The summed E-state index contributed by atoms with van der Waals surface area (Å²) in [6, 6.07) is 10.7. The molecule has 1 amide bonds. The number of fused-ring (bicyclic) bond motifs is 1. The van der Waals surface area contributed by atoms with Gasteiger partial charge in [-0.1, -0.05) is 35.5 Å². The maximum absolute atomic E-state index is 12.5. The van der Waals surface area contributed by atoms with Crippen molar-refractivity contribution in [1.29, 1.82) is 0 Å². The summed E-state index contributed by atoms with van der Waals surface area (Å²) in [6.07, 6.45) is 2.84. The SMILES string of the molecule is Cc1nn(CCCC(=O)NC2CCN(Cc3ccccc3)CC2)c(=O)c2noc(C)c12. The van der Waals surface area contributed by atoms with Crippen LogP contribution in [0.5, 0.6) is 0 Å². The molecule has 2 aromatic heterocycles. The largest absolute Gasteiger partial charge is 0.360 e.